The number of anilines is 2. The van der Waals surface area contributed by atoms with Crippen LogP contribution in [-0.4, -0.2) is 47.2 Å². The Morgan fingerprint density at radius 1 is 0.886 bits per heavy atom. The first-order valence-electron chi connectivity index (χ1n) is 11.9. The molecule has 2 aliphatic rings. The van der Waals surface area contributed by atoms with Gasteiger partial charge in [-0.15, -0.1) is 0 Å². The Morgan fingerprint density at radius 2 is 1.54 bits per heavy atom. The first-order valence-corrected chi connectivity index (χ1v) is 11.9. The summed E-state index contributed by atoms with van der Waals surface area (Å²) in [6.07, 6.45) is 0. The Kier molecular flexibility index (Phi) is 5.76. The lowest BCUT2D eigenvalue weighted by molar-refractivity contribution is -0.133. The molecular formula is C28H28N4O3. The highest BCUT2D eigenvalue weighted by atomic mass is 16.2. The molecule has 35 heavy (non-hydrogen) atoms. The van der Waals surface area contributed by atoms with Crippen LogP contribution in [0.4, 0.5) is 11.4 Å². The van der Waals surface area contributed by atoms with E-state index in [0.29, 0.717) is 35.6 Å². The van der Waals surface area contributed by atoms with Gasteiger partial charge in [0.05, 0.1) is 11.3 Å². The van der Waals surface area contributed by atoms with Crippen LogP contribution in [0.3, 0.4) is 0 Å². The fourth-order valence-corrected chi connectivity index (χ4v) is 5.08. The Bertz CT molecular complexity index is 1290. The maximum Gasteiger partial charge on any atom is 0.279 e. The van der Waals surface area contributed by atoms with E-state index in [9.17, 15) is 14.4 Å². The highest BCUT2D eigenvalue weighted by Gasteiger charge is 2.59. The molecule has 5 rings (SSSR count). The van der Waals surface area contributed by atoms with Crippen LogP contribution >= 0.6 is 0 Å². The van der Waals surface area contributed by atoms with E-state index >= 15 is 0 Å². The molecule has 1 N–H and O–H groups in total. The average Bonchev–Trinajstić information content (AvgIpc) is 3.11. The number of hydrogen-bond acceptors (Lipinski definition) is 4. The normalized spacial score (nSPS) is 18.3. The first kappa shape index (κ1) is 22.7. The summed E-state index contributed by atoms with van der Waals surface area (Å²) in [5.74, 6) is -0.700. The van der Waals surface area contributed by atoms with Gasteiger partial charge >= 0.3 is 0 Å². The van der Waals surface area contributed by atoms with E-state index in [-0.39, 0.29) is 30.8 Å². The van der Waals surface area contributed by atoms with Gasteiger partial charge in [-0.1, -0.05) is 60.7 Å². The predicted molar refractivity (Wildman–Crippen MR) is 135 cm³/mol. The smallest absolute Gasteiger partial charge is 0.279 e. The maximum atomic E-state index is 14.3. The van der Waals surface area contributed by atoms with Gasteiger partial charge in [-0.25, -0.2) is 0 Å². The fourth-order valence-electron chi connectivity index (χ4n) is 5.08. The monoisotopic (exact) mass is 468 g/mol. The molecular weight excluding hydrogens is 440 g/mol. The molecule has 0 fully saturated rings. The van der Waals surface area contributed by atoms with Crippen LogP contribution in [0, 0.1) is 0 Å². The van der Waals surface area contributed by atoms with Gasteiger partial charge in [0.2, 0.25) is 11.6 Å². The summed E-state index contributed by atoms with van der Waals surface area (Å²) in [5, 5.41) is 3.43. The number of para-hydroxylation sites is 2. The zero-order valence-corrected chi connectivity index (χ0v) is 19.9. The van der Waals surface area contributed by atoms with Crippen molar-refractivity contribution < 1.29 is 14.4 Å². The molecule has 0 radical (unpaired) electrons. The lowest BCUT2D eigenvalue weighted by Crippen LogP contribution is -2.62. The van der Waals surface area contributed by atoms with Crippen LogP contribution in [0.1, 0.15) is 35.3 Å². The minimum atomic E-state index is -1.46. The fraction of sp³-hybridized carbons (Fsp3) is 0.250. The summed E-state index contributed by atoms with van der Waals surface area (Å²) in [5.41, 5.74) is 1.86. The molecule has 0 bridgehead atoms. The average molecular weight is 469 g/mol. The number of rotatable bonds is 6. The van der Waals surface area contributed by atoms with Crippen molar-refractivity contribution in [3.8, 4) is 0 Å². The number of nitrogens with zero attached hydrogens (tertiary/aromatic N) is 3. The molecule has 7 nitrogen and oxygen atoms in total. The Morgan fingerprint density at radius 3 is 2.29 bits per heavy atom. The van der Waals surface area contributed by atoms with Crippen LogP contribution < -0.4 is 10.2 Å². The topological polar surface area (TPSA) is 73.0 Å². The van der Waals surface area contributed by atoms with E-state index in [1.807, 2.05) is 86.6 Å². The second-order valence-electron chi connectivity index (χ2n) is 8.73. The van der Waals surface area contributed by atoms with E-state index in [1.165, 1.54) is 4.90 Å². The number of nitrogens with one attached hydrogen (secondary N) is 1. The third-order valence-corrected chi connectivity index (χ3v) is 6.86. The van der Waals surface area contributed by atoms with Gasteiger partial charge in [0.1, 0.15) is 6.54 Å². The molecule has 178 valence electrons. The lowest BCUT2D eigenvalue weighted by Gasteiger charge is -2.45. The van der Waals surface area contributed by atoms with Crippen molar-refractivity contribution in [2.45, 2.75) is 26.1 Å². The predicted octanol–water partition coefficient (Wildman–Crippen LogP) is 3.82. The molecule has 1 unspecified atom stereocenters. The highest BCUT2D eigenvalue weighted by Crippen LogP contribution is 2.48. The second kappa shape index (κ2) is 8.91. The number of benzene rings is 3. The van der Waals surface area contributed by atoms with Crippen LogP contribution in [0.2, 0.25) is 0 Å². The van der Waals surface area contributed by atoms with Gasteiger partial charge < -0.3 is 10.2 Å². The van der Waals surface area contributed by atoms with Crippen molar-refractivity contribution in [2.24, 2.45) is 0 Å². The molecule has 3 aromatic rings. The largest absolute Gasteiger partial charge is 0.350 e. The Hall–Kier alpha value is -4.13. The molecule has 2 aliphatic heterocycles. The maximum absolute atomic E-state index is 14.3. The molecule has 3 aromatic carbocycles. The summed E-state index contributed by atoms with van der Waals surface area (Å²) in [7, 11) is 0. The third kappa shape index (κ3) is 3.55. The third-order valence-electron chi connectivity index (χ3n) is 6.86. The number of likely N-dealkylation sites (N-methyl/N-ethyl adjacent to an activating group) is 1. The summed E-state index contributed by atoms with van der Waals surface area (Å²) < 4.78 is 0. The molecule has 0 saturated heterocycles. The van der Waals surface area contributed by atoms with Crippen LogP contribution in [0.15, 0.2) is 78.9 Å². The number of carbonyl (C=O) groups excluding carboxylic acids is 3. The zero-order valence-electron chi connectivity index (χ0n) is 19.9. The standard InChI is InChI=1S/C28H28N4O3/c1-3-30(4-2)25(33)19-31-24-17-11-9-15-22(24)28(27(31)35)29-23-16-10-8-14-21(23)26(34)32(28)18-20-12-6-5-7-13-20/h5-17,29H,3-4,18-19H2,1-2H3. The van der Waals surface area contributed by atoms with Crippen molar-refractivity contribution in [1.82, 2.24) is 9.80 Å². The van der Waals surface area contributed by atoms with E-state index in [1.54, 1.807) is 15.9 Å². The van der Waals surface area contributed by atoms with Crippen molar-refractivity contribution in [3.05, 3.63) is 95.6 Å². The number of hydrogen-bond donors (Lipinski definition) is 1. The van der Waals surface area contributed by atoms with Gasteiger partial charge in [0.15, 0.2) is 0 Å². The number of amides is 3. The molecule has 1 atom stereocenters. The lowest BCUT2D eigenvalue weighted by atomic mass is 9.92. The molecule has 0 aliphatic carbocycles. The van der Waals surface area contributed by atoms with Crippen molar-refractivity contribution >= 4 is 29.1 Å². The van der Waals surface area contributed by atoms with Gasteiger partial charge in [0, 0.05) is 30.9 Å². The number of carbonyl (C=O) groups is 3. The summed E-state index contributed by atoms with van der Waals surface area (Å²) in [6.45, 7) is 5.11. The second-order valence-corrected chi connectivity index (χ2v) is 8.73. The van der Waals surface area contributed by atoms with Crippen molar-refractivity contribution in [3.63, 3.8) is 0 Å². The summed E-state index contributed by atoms with van der Waals surface area (Å²) >= 11 is 0. The van der Waals surface area contributed by atoms with Crippen molar-refractivity contribution in [1.29, 1.82) is 0 Å². The summed E-state index contributed by atoms with van der Waals surface area (Å²) in [4.78, 5) is 46.1. The van der Waals surface area contributed by atoms with Gasteiger partial charge in [-0.3, -0.25) is 24.2 Å². The van der Waals surface area contributed by atoms with Crippen LogP contribution in [0.5, 0.6) is 0 Å². The quantitative estimate of drug-likeness (QED) is 0.597. The highest BCUT2D eigenvalue weighted by molar-refractivity contribution is 6.16. The van der Waals surface area contributed by atoms with Crippen LogP contribution in [-0.2, 0) is 21.8 Å². The molecule has 0 saturated carbocycles. The molecule has 0 aromatic heterocycles. The minimum absolute atomic E-state index is 0.0873. The Balaban J connectivity index is 1.65. The number of fused-ring (bicyclic) bond motifs is 3. The van der Waals surface area contributed by atoms with Crippen molar-refractivity contribution in [2.75, 3.05) is 29.9 Å². The minimum Gasteiger partial charge on any atom is -0.350 e. The van der Waals surface area contributed by atoms with Crippen LogP contribution in [0.25, 0.3) is 0 Å². The first-order chi connectivity index (χ1) is 17.0. The Labute approximate surface area is 204 Å². The van der Waals surface area contributed by atoms with E-state index in [0.717, 1.165) is 5.56 Å². The molecule has 2 heterocycles. The zero-order chi connectivity index (χ0) is 24.6. The molecule has 3 amide bonds. The van der Waals surface area contributed by atoms with E-state index < -0.39 is 5.66 Å². The molecule has 7 heteroatoms. The SMILES string of the molecule is CCN(CC)C(=O)CN1C(=O)C2(Nc3ccccc3C(=O)N2Cc2ccccc2)c2ccccc21. The van der Waals surface area contributed by atoms with Gasteiger partial charge in [-0.05, 0) is 37.6 Å². The molecule has 1 spiro atoms. The summed E-state index contributed by atoms with van der Waals surface area (Å²) in [6, 6.07) is 24.3. The van der Waals surface area contributed by atoms with Gasteiger partial charge in [0.25, 0.3) is 11.8 Å². The van der Waals surface area contributed by atoms with E-state index in [2.05, 4.69) is 5.32 Å². The van der Waals surface area contributed by atoms with Gasteiger partial charge in [-0.2, -0.15) is 0 Å². The van der Waals surface area contributed by atoms with E-state index in [4.69, 9.17) is 0 Å².